The van der Waals surface area contributed by atoms with Crippen LogP contribution in [0.25, 0.3) is 0 Å². The number of nitrogens with zero attached hydrogens (tertiary/aromatic N) is 2. The Morgan fingerprint density at radius 2 is 2.33 bits per heavy atom. The van der Waals surface area contributed by atoms with E-state index in [4.69, 9.17) is 0 Å². The van der Waals surface area contributed by atoms with Crippen molar-refractivity contribution in [3.05, 3.63) is 27.8 Å². The van der Waals surface area contributed by atoms with Crippen molar-refractivity contribution in [2.45, 2.75) is 32.6 Å². The fraction of sp³-hybridized carbons (Fsp3) is 0.588. The first kappa shape index (κ1) is 16.5. The highest BCUT2D eigenvalue weighted by Crippen LogP contribution is 2.41. The van der Waals surface area contributed by atoms with Gasteiger partial charge >= 0.3 is 0 Å². The summed E-state index contributed by atoms with van der Waals surface area (Å²) in [6.07, 6.45) is 3.41. The lowest BCUT2D eigenvalue weighted by Crippen LogP contribution is -2.43. The van der Waals surface area contributed by atoms with Gasteiger partial charge in [-0.05, 0) is 31.7 Å². The standard InChI is InChI=1S/C17H24N4O3/c1-2-8-19-17(22)12-4-3-10-20(11-12)16-13-7-9-18-14(13)5-6-15(16)21(23)24/h5-6,12,18H,2-4,7-11H2,1H3,(H,19,22)/t12-/m1/s1. The summed E-state index contributed by atoms with van der Waals surface area (Å²) in [5, 5.41) is 17.7. The third kappa shape index (κ3) is 3.16. The molecule has 0 radical (unpaired) electrons. The van der Waals surface area contributed by atoms with Crippen LogP contribution >= 0.6 is 0 Å². The van der Waals surface area contributed by atoms with Crippen LogP contribution in [0.15, 0.2) is 12.1 Å². The minimum absolute atomic E-state index is 0.0647. The van der Waals surface area contributed by atoms with Gasteiger partial charge in [0.05, 0.1) is 10.8 Å². The molecule has 2 aliphatic heterocycles. The van der Waals surface area contributed by atoms with E-state index in [1.54, 1.807) is 12.1 Å². The van der Waals surface area contributed by atoms with Gasteiger partial charge in [-0.15, -0.1) is 0 Å². The number of hydrogen-bond donors (Lipinski definition) is 2. The van der Waals surface area contributed by atoms with Gasteiger partial charge in [0, 0.05) is 43.5 Å². The molecule has 0 saturated carbocycles. The van der Waals surface area contributed by atoms with E-state index in [9.17, 15) is 14.9 Å². The number of nitrogens with one attached hydrogen (secondary N) is 2. The lowest BCUT2D eigenvalue weighted by Gasteiger charge is -2.34. The number of carbonyl (C=O) groups is 1. The Morgan fingerprint density at radius 3 is 3.08 bits per heavy atom. The van der Waals surface area contributed by atoms with Crippen molar-refractivity contribution in [1.29, 1.82) is 0 Å². The molecule has 1 saturated heterocycles. The molecular formula is C17H24N4O3. The van der Waals surface area contributed by atoms with Crippen LogP contribution in [0.3, 0.4) is 0 Å². The Balaban J connectivity index is 1.87. The summed E-state index contributed by atoms with van der Waals surface area (Å²) in [5.74, 6) is -0.0370. The Morgan fingerprint density at radius 1 is 1.50 bits per heavy atom. The average molecular weight is 332 g/mol. The maximum absolute atomic E-state index is 12.3. The second kappa shape index (κ2) is 7.07. The molecule has 1 fully saturated rings. The third-order valence-corrected chi connectivity index (χ3v) is 4.81. The van der Waals surface area contributed by atoms with Gasteiger partial charge in [-0.25, -0.2) is 0 Å². The van der Waals surface area contributed by atoms with E-state index in [0.717, 1.165) is 50.0 Å². The van der Waals surface area contributed by atoms with Crippen LogP contribution in [-0.4, -0.2) is 37.0 Å². The molecule has 0 aromatic heterocycles. The van der Waals surface area contributed by atoms with Crippen molar-refractivity contribution >= 4 is 23.0 Å². The lowest BCUT2D eigenvalue weighted by atomic mass is 9.95. The summed E-state index contributed by atoms with van der Waals surface area (Å²) in [6.45, 7) is 4.82. The smallest absolute Gasteiger partial charge is 0.292 e. The molecule has 130 valence electrons. The number of hydrogen-bond acceptors (Lipinski definition) is 5. The molecule has 1 aromatic carbocycles. The third-order valence-electron chi connectivity index (χ3n) is 4.81. The summed E-state index contributed by atoms with van der Waals surface area (Å²) >= 11 is 0. The van der Waals surface area contributed by atoms with E-state index in [1.807, 2.05) is 11.8 Å². The average Bonchev–Trinajstić information content (AvgIpc) is 3.07. The van der Waals surface area contributed by atoms with Gasteiger partial charge in [0.1, 0.15) is 5.69 Å². The summed E-state index contributed by atoms with van der Waals surface area (Å²) in [5.41, 5.74) is 2.84. The molecule has 0 bridgehead atoms. The van der Waals surface area contributed by atoms with Crippen LogP contribution in [0, 0.1) is 16.0 Å². The molecule has 1 amide bonds. The minimum atomic E-state index is -0.311. The van der Waals surface area contributed by atoms with Crippen molar-refractivity contribution < 1.29 is 9.72 Å². The van der Waals surface area contributed by atoms with E-state index in [2.05, 4.69) is 10.6 Å². The number of piperidine rings is 1. The highest BCUT2D eigenvalue weighted by Gasteiger charge is 2.32. The van der Waals surface area contributed by atoms with Crippen LogP contribution in [0.4, 0.5) is 17.1 Å². The Kier molecular flexibility index (Phi) is 4.87. The largest absolute Gasteiger partial charge is 0.384 e. The fourth-order valence-corrected chi connectivity index (χ4v) is 3.65. The van der Waals surface area contributed by atoms with Crippen LogP contribution in [0.1, 0.15) is 31.7 Å². The number of nitro groups is 1. The number of benzene rings is 1. The first-order valence-electron chi connectivity index (χ1n) is 8.68. The van der Waals surface area contributed by atoms with E-state index in [0.29, 0.717) is 18.8 Å². The van der Waals surface area contributed by atoms with Crippen LogP contribution in [-0.2, 0) is 11.2 Å². The molecule has 3 rings (SSSR count). The number of fused-ring (bicyclic) bond motifs is 1. The SMILES string of the molecule is CCCNC(=O)[C@@H]1CCCN(c2c([N+](=O)[O-])ccc3c2CCN3)C1. The molecule has 0 unspecified atom stereocenters. The van der Waals surface area contributed by atoms with Crippen molar-refractivity contribution in [2.24, 2.45) is 5.92 Å². The molecule has 24 heavy (non-hydrogen) atoms. The Labute approximate surface area is 141 Å². The van der Waals surface area contributed by atoms with Crippen molar-refractivity contribution in [2.75, 3.05) is 36.4 Å². The van der Waals surface area contributed by atoms with Crippen LogP contribution in [0.5, 0.6) is 0 Å². The lowest BCUT2D eigenvalue weighted by molar-refractivity contribution is -0.384. The van der Waals surface area contributed by atoms with Gasteiger partial charge in [-0.3, -0.25) is 14.9 Å². The molecule has 2 aliphatic rings. The van der Waals surface area contributed by atoms with E-state index in [-0.39, 0.29) is 22.4 Å². The highest BCUT2D eigenvalue weighted by molar-refractivity contribution is 5.82. The van der Waals surface area contributed by atoms with Gasteiger partial charge < -0.3 is 15.5 Å². The molecule has 2 N–H and O–H groups in total. The quantitative estimate of drug-likeness (QED) is 0.638. The molecule has 0 spiro atoms. The topological polar surface area (TPSA) is 87.5 Å². The van der Waals surface area contributed by atoms with E-state index in [1.165, 1.54) is 0 Å². The van der Waals surface area contributed by atoms with Crippen molar-refractivity contribution in [1.82, 2.24) is 5.32 Å². The Bertz CT molecular complexity index is 647. The van der Waals surface area contributed by atoms with Gasteiger partial charge in [-0.1, -0.05) is 6.92 Å². The van der Waals surface area contributed by atoms with Crippen molar-refractivity contribution in [3.63, 3.8) is 0 Å². The molecule has 1 atom stereocenters. The predicted octanol–water partition coefficient (Wildman–Crippen LogP) is 2.31. The predicted molar refractivity (Wildman–Crippen MR) is 93.5 cm³/mol. The summed E-state index contributed by atoms with van der Waals surface area (Å²) in [6, 6.07) is 3.37. The molecule has 7 heteroatoms. The van der Waals surface area contributed by atoms with Crippen LogP contribution < -0.4 is 15.5 Å². The van der Waals surface area contributed by atoms with Gasteiger partial charge in [0.15, 0.2) is 0 Å². The zero-order valence-corrected chi connectivity index (χ0v) is 14.0. The van der Waals surface area contributed by atoms with Gasteiger partial charge in [0.2, 0.25) is 5.91 Å². The summed E-state index contributed by atoms with van der Waals surface area (Å²) < 4.78 is 0. The molecule has 2 heterocycles. The number of rotatable bonds is 5. The van der Waals surface area contributed by atoms with Crippen molar-refractivity contribution in [3.8, 4) is 0 Å². The maximum atomic E-state index is 12.3. The van der Waals surface area contributed by atoms with E-state index < -0.39 is 0 Å². The maximum Gasteiger partial charge on any atom is 0.292 e. The van der Waals surface area contributed by atoms with E-state index >= 15 is 0 Å². The number of nitro benzene ring substituents is 1. The first-order valence-corrected chi connectivity index (χ1v) is 8.68. The molecule has 1 aromatic rings. The summed E-state index contributed by atoms with van der Waals surface area (Å²) in [7, 11) is 0. The normalized spacial score (nSPS) is 19.5. The van der Waals surface area contributed by atoms with Gasteiger partial charge in [0.25, 0.3) is 5.69 Å². The summed E-state index contributed by atoms with van der Waals surface area (Å²) in [4.78, 5) is 25.5. The minimum Gasteiger partial charge on any atom is -0.384 e. The molecular weight excluding hydrogens is 308 g/mol. The Hall–Kier alpha value is -2.31. The van der Waals surface area contributed by atoms with Crippen LogP contribution in [0.2, 0.25) is 0 Å². The first-order chi connectivity index (χ1) is 11.6. The molecule has 0 aliphatic carbocycles. The number of carbonyl (C=O) groups excluding carboxylic acids is 1. The monoisotopic (exact) mass is 332 g/mol. The fourth-order valence-electron chi connectivity index (χ4n) is 3.65. The second-order valence-corrected chi connectivity index (χ2v) is 6.47. The number of amides is 1. The number of anilines is 2. The second-order valence-electron chi connectivity index (χ2n) is 6.47. The molecule has 7 nitrogen and oxygen atoms in total. The zero-order chi connectivity index (χ0) is 17.1. The highest BCUT2D eigenvalue weighted by atomic mass is 16.6. The van der Waals surface area contributed by atoms with Gasteiger partial charge in [-0.2, -0.15) is 0 Å². The zero-order valence-electron chi connectivity index (χ0n) is 14.0.